The van der Waals surface area contributed by atoms with Gasteiger partial charge in [0.25, 0.3) is 0 Å². The van der Waals surface area contributed by atoms with E-state index in [4.69, 9.17) is 9.97 Å². The normalized spacial score (nSPS) is 19.2. The third-order valence-corrected chi connectivity index (χ3v) is 7.56. The summed E-state index contributed by atoms with van der Waals surface area (Å²) in [6.45, 7) is 7.19. The Morgan fingerprint density at radius 1 is 1.13 bits per heavy atom. The molecule has 1 aliphatic carbocycles. The van der Waals surface area contributed by atoms with Crippen molar-refractivity contribution >= 4 is 33.3 Å². The lowest BCUT2D eigenvalue weighted by molar-refractivity contribution is -0.129. The summed E-state index contributed by atoms with van der Waals surface area (Å²) in [6, 6.07) is 10.5. The lowest BCUT2D eigenvalue weighted by Gasteiger charge is -2.35. The van der Waals surface area contributed by atoms with E-state index < -0.39 is 0 Å². The van der Waals surface area contributed by atoms with E-state index in [1.54, 1.807) is 6.92 Å². The van der Waals surface area contributed by atoms with Crippen LogP contribution < -0.4 is 4.90 Å². The average Bonchev–Trinajstić information content (AvgIpc) is 3.11. The number of nitrogens with zero attached hydrogens (tertiary/aromatic N) is 4. The minimum atomic E-state index is 0.161. The van der Waals surface area contributed by atoms with Crippen molar-refractivity contribution in [1.82, 2.24) is 14.9 Å². The van der Waals surface area contributed by atoms with Gasteiger partial charge >= 0.3 is 0 Å². The molecule has 5 rings (SSSR count). The number of piperazine rings is 1. The number of aromatic nitrogens is 2. The van der Waals surface area contributed by atoms with Gasteiger partial charge in [-0.1, -0.05) is 37.3 Å². The van der Waals surface area contributed by atoms with Gasteiger partial charge in [0, 0.05) is 44.4 Å². The molecule has 0 bridgehead atoms. The second-order valence-electron chi connectivity index (χ2n) is 8.65. The summed E-state index contributed by atoms with van der Waals surface area (Å²) < 4.78 is 0. The molecule has 1 unspecified atom stereocenters. The number of anilines is 1. The Labute approximate surface area is 181 Å². The third-order valence-electron chi connectivity index (χ3n) is 6.41. The number of carbonyl (C=O) groups excluding carboxylic acids is 1. The van der Waals surface area contributed by atoms with Crippen LogP contribution >= 0.6 is 11.3 Å². The number of amides is 1. The van der Waals surface area contributed by atoms with Crippen molar-refractivity contribution in [1.29, 1.82) is 0 Å². The number of rotatable bonds is 3. The average molecular weight is 421 g/mol. The van der Waals surface area contributed by atoms with Crippen LogP contribution in [-0.2, 0) is 24.1 Å². The maximum atomic E-state index is 11.8. The minimum Gasteiger partial charge on any atom is -0.352 e. The van der Waals surface area contributed by atoms with Crippen LogP contribution in [0.25, 0.3) is 10.2 Å². The van der Waals surface area contributed by atoms with E-state index in [1.165, 1.54) is 27.8 Å². The molecule has 156 valence electrons. The molecule has 1 saturated heterocycles. The molecule has 30 heavy (non-hydrogen) atoms. The van der Waals surface area contributed by atoms with E-state index in [1.807, 2.05) is 22.3 Å². The molecular formula is C24H28N4OS. The zero-order valence-corrected chi connectivity index (χ0v) is 18.5. The molecule has 1 fully saturated rings. The molecule has 6 heteroatoms. The van der Waals surface area contributed by atoms with Crippen LogP contribution in [0.1, 0.15) is 42.1 Å². The van der Waals surface area contributed by atoms with Crippen molar-refractivity contribution in [3.63, 3.8) is 0 Å². The van der Waals surface area contributed by atoms with Gasteiger partial charge in [-0.15, -0.1) is 11.3 Å². The first-order valence-corrected chi connectivity index (χ1v) is 11.8. The Balaban J connectivity index is 1.56. The fourth-order valence-electron chi connectivity index (χ4n) is 4.69. The number of aryl methyl sites for hydroxylation is 1. The van der Waals surface area contributed by atoms with Crippen LogP contribution in [0.15, 0.2) is 30.3 Å². The van der Waals surface area contributed by atoms with Crippen molar-refractivity contribution in [2.24, 2.45) is 5.92 Å². The zero-order valence-electron chi connectivity index (χ0n) is 17.7. The molecule has 2 aliphatic rings. The number of carbonyl (C=O) groups is 1. The third kappa shape index (κ3) is 3.69. The van der Waals surface area contributed by atoms with Gasteiger partial charge in [-0.3, -0.25) is 4.79 Å². The quantitative estimate of drug-likeness (QED) is 0.641. The highest BCUT2D eigenvalue weighted by Crippen LogP contribution is 2.41. The van der Waals surface area contributed by atoms with Crippen LogP contribution in [0.5, 0.6) is 0 Å². The van der Waals surface area contributed by atoms with Crippen LogP contribution in [-0.4, -0.2) is 47.0 Å². The Bertz CT molecular complexity index is 1070. The maximum Gasteiger partial charge on any atom is 0.219 e. The summed E-state index contributed by atoms with van der Waals surface area (Å²) in [4.78, 5) is 28.8. The number of hydrogen-bond acceptors (Lipinski definition) is 5. The van der Waals surface area contributed by atoms with Gasteiger partial charge in [0.1, 0.15) is 16.5 Å². The molecule has 1 atom stereocenters. The first-order valence-electron chi connectivity index (χ1n) is 10.9. The molecule has 0 saturated carbocycles. The highest BCUT2D eigenvalue weighted by atomic mass is 32.1. The lowest BCUT2D eigenvalue weighted by Crippen LogP contribution is -2.48. The van der Waals surface area contributed by atoms with E-state index >= 15 is 0 Å². The van der Waals surface area contributed by atoms with Crippen molar-refractivity contribution in [3.05, 3.63) is 52.2 Å². The summed E-state index contributed by atoms with van der Waals surface area (Å²) in [5, 5.41) is 1.27. The first-order chi connectivity index (χ1) is 14.6. The van der Waals surface area contributed by atoms with Gasteiger partial charge in [-0.2, -0.15) is 0 Å². The molecule has 0 radical (unpaired) electrons. The highest BCUT2D eigenvalue weighted by Gasteiger charge is 2.28. The topological polar surface area (TPSA) is 49.3 Å². The minimum absolute atomic E-state index is 0.161. The molecule has 1 aliphatic heterocycles. The Kier molecular flexibility index (Phi) is 5.19. The van der Waals surface area contributed by atoms with Crippen LogP contribution in [0.3, 0.4) is 0 Å². The Morgan fingerprint density at radius 2 is 1.90 bits per heavy atom. The van der Waals surface area contributed by atoms with E-state index in [0.717, 1.165) is 67.8 Å². The molecule has 0 N–H and O–H groups in total. The summed E-state index contributed by atoms with van der Waals surface area (Å²) in [7, 11) is 0. The van der Waals surface area contributed by atoms with E-state index in [9.17, 15) is 4.79 Å². The molecule has 2 aromatic heterocycles. The van der Waals surface area contributed by atoms with Crippen LogP contribution in [0, 0.1) is 5.92 Å². The molecular weight excluding hydrogens is 392 g/mol. The largest absolute Gasteiger partial charge is 0.352 e. The monoisotopic (exact) mass is 420 g/mol. The molecule has 5 nitrogen and oxygen atoms in total. The van der Waals surface area contributed by atoms with E-state index in [-0.39, 0.29) is 5.91 Å². The van der Waals surface area contributed by atoms with E-state index in [0.29, 0.717) is 0 Å². The fraction of sp³-hybridized carbons (Fsp3) is 0.458. The lowest BCUT2D eigenvalue weighted by atomic mass is 9.89. The van der Waals surface area contributed by atoms with Crippen molar-refractivity contribution in [2.45, 2.75) is 39.5 Å². The Morgan fingerprint density at radius 3 is 2.63 bits per heavy atom. The van der Waals surface area contributed by atoms with Crippen molar-refractivity contribution in [2.75, 3.05) is 31.1 Å². The van der Waals surface area contributed by atoms with Crippen LogP contribution in [0.4, 0.5) is 5.82 Å². The van der Waals surface area contributed by atoms with Crippen LogP contribution in [0.2, 0.25) is 0 Å². The summed E-state index contributed by atoms with van der Waals surface area (Å²) >= 11 is 1.87. The molecule has 3 heterocycles. The smallest absolute Gasteiger partial charge is 0.219 e. The molecule has 3 aromatic rings. The van der Waals surface area contributed by atoms with Gasteiger partial charge in [0.05, 0.1) is 5.39 Å². The predicted molar refractivity (Wildman–Crippen MR) is 122 cm³/mol. The first kappa shape index (κ1) is 19.5. The SMILES string of the molecule is CC(=O)N1CCN(c2nc(Cc3ccccc3)nc3sc4c(c23)CCC(C)C4)CC1. The summed E-state index contributed by atoms with van der Waals surface area (Å²) in [5.41, 5.74) is 2.71. The van der Waals surface area contributed by atoms with Gasteiger partial charge in [0.15, 0.2) is 0 Å². The molecule has 0 spiro atoms. The fourth-order valence-corrected chi connectivity index (χ4v) is 6.08. The highest BCUT2D eigenvalue weighted by molar-refractivity contribution is 7.19. The maximum absolute atomic E-state index is 11.8. The molecule has 1 aromatic carbocycles. The molecule has 1 amide bonds. The second-order valence-corrected chi connectivity index (χ2v) is 9.73. The second kappa shape index (κ2) is 7.99. The Hall–Kier alpha value is -2.47. The van der Waals surface area contributed by atoms with Crippen molar-refractivity contribution < 1.29 is 4.79 Å². The summed E-state index contributed by atoms with van der Waals surface area (Å²) in [5.74, 6) is 2.88. The predicted octanol–water partition coefficient (Wildman–Crippen LogP) is 4.08. The number of benzene rings is 1. The van der Waals surface area contributed by atoms with Gasteiger partial charge < -0.3 is 9.80 Å². The number of hydrogen-bond donors (Lipinski definition) is 0. The van der Waals surface area contributed by atoms with Gasteiger partial charge in [-0.05, 0) is 36.3 Å². The number of fused-ring (bicyclic) bond motifs is 3. The zero-order chi connectivity index (χ0) is 20.7. The number of thiophene rings is 1. The van der Waals surface area contributed by atoms with Gasteiger partial charge in [-0.25, -0.2) is 9.97 Å². The van der Waals surface area contributed by atoms with Gasteiger partial charge in [0.2, 0.25) is 5.91 Å². The van der Waals surface area contributed by atoms with E-state index in [2.05, 4.69) is 36.1 Å². The van der Waals surface area contributed by atoms with Crippen molar-refractivity contribution in [3.8, 4) is 0 Å². The summed E-state index contributed by atoms with van der Waals surface area (Å²) in [6.07, 6.45) is 4.26. The standard InChI is InChI=1S/C24H28N4OS/c1-16-8-9-19-20(14-16)30-24-22(19)23(28-12-10-27(11-13-28)17(2)29)25-21(26-24)15-18-6-4-3-5-7-18/h3-7,16H,8-15H2,1-2H3.